The lowest BCUT2D eigenvalue weighted by molar-refractivity contribution is 0.254. The molecule has 1 saturated heterocycles. The molecule has 0 amide bonds. The number of benzene rings is 1. The zero-order chi connectivity index (χ0) is 20.8. The number of imidazole rings is 1. The van der Waals surface area contributed by atoms with Crippen molar-refractivity contribution in [2.24, 2.45) is 0 Å². The van der Waals surface area contributed by atoms with Crippen molar-refractivity contribution in [3.8, 4) is 22.6 Å². The molecule has 0 spiro atoms. The van der Waals surface area contributed by atoms with Gasteiger partial charge in [0, 0.05) is 35.5 Å². The van der Waals surface area contributed by atoms with E-state index < -0.39 is 0 Å². The zero-order valence-corrected chi connectivity index (χ0v) is 17.3. The molecule has 154 valence electrons. The van der Waals surface area contributed by atoms with Crippen molar-refractivity contribution < 1.29 is 0 Å². The van der Waals surface area contributed by atoms with Crippen molar-refractivity contribution >= 4 is 21.9 Å². The van der Waals surface area contributed by atoms with E-state index in [0.29, 0.717) is 5.92 Å². The van der Waals surface area contributed by atoms with Crippen LogP contribution in [-0.2, 0) is 0 Å². The maximum absolute atomic E-state index is 4.98. The molecule has 5 aromatic rings. The van der Waals surface area contributed by atoms with Crippen molar-refractivity contribution in [1.82, 2.24) is 35.0 Å². The van der Waals surface area contributed by atoms with Crippen LogP contribution in [0.1, 0.15) is 24.5 Å². The molecule has 1 fully saturated rings. The SMILES string of the molecule is CN1CCC(c2nccc3[nH]c(-c4n[nH]c5ccc(-c6cccnc6)cc45)nc23)CC1. The number of pyridine rings is 2. The molecular formula is C24H23N7. The van der Waals surface area contributed by atoms with Crippen molar-refractivity contribution in [3.63, 3.8) is 0 Å². The fourth-order valence-electron chi connectivity index (χ4n) is 4.56. The number of aromatic amines is 2. The first kappa shape index (κ1) is 18.2. The lowest BCUT2D eigenvalue weighted by Gasteiger charge is -2.28. The Bertz CT molecular complexity index is 1360. The molecule has 0 saturated carbocycles. The highest BCUT2D eigenvalue weighted by Gasteiger charge is 2.23. The van der Waals surface area contributed by atoms with Gasteiger partial charge in [0.05, 0.1) is 16.7 Å². The molecular weight excluding hydrogens is 386 g/mol. The second-order valence-electron chi connectivity index (χ2n) is 8.33. The Morgan fingerprint density at radius 2 is 1.90 bits per heavy atom. The highest BCUT2D eigenvalue weighted by Crippen LogP contribution is 2.33. The predicted molar refractivity (Wildman–Crippen MR) is 122 cm³/mol. The third kappa shape index (κ3) is 3.18. The van der Waals surface area contributed by atoms with Crippen LogP contribution in [0.2, 0.25) is 0 Å². The van der Waals surface area contributed by atoms with Gasteiger partial charge in [0.1, 0.15) is 11.2 Å². The summed E-state index contributed by atoms with van der Waals surface area (Å²) in [5.74, 6) is 1.22. The van der Waals surface area contributed by atoms with Crippen molar-refractivity contribution in [1.29, 1.82) is 0 Å². The van der Waals surface area contributed by atoms with E-state index in [2.05, 4.69) is 56.4 Å². The summed E-state index contributed by atoms with van der Waals surface area (Å²) in [6.45, 7) is 2.20. The molecule has 5 heterocycles. The molecule has 2 N–H and O–H groups in total. The molecule has 0 atom stereocenters. The quantitative estimate of drug-likeness (QED) is 0.462. The van der Waals surface area contributed by atoms with Gasteiger partial charge in [0.25, 0.3) is 0 Å². The third-order valence-corrected chi connectivity index (χ3v) is 6.32. The maximum atomic E-state index is 4.98. The number of likely N-dealkylation sites (tertiary alicyclic amines) is 1. The molecule has 6 rings (SSSR count). The van der Waals surface area contributed by atoms with E-state index in [-0.39, 0.29) is 0 Å². The third-order valence-electron chi connectivity index (χ3n) is 6.32. The minimum atomic E-state index is 0.448. The summed E-state index contributed by atoms with van der Waals surface area (Å²) in [6, 6.07) is 12.3. The highest BCUT2D eigenvalue weighted by molar-refractivity contribution is 5.95. The summed E-state index contributed by atoms with van der Waals surface area (Å²) in [7, 11) is 2.18. The molecule has 7 nitrogen and oxygen atoms in total. The van der Waals surface area contributed by atoms with Crippen LogP contribution in [0.4, 0.5) is 0 Å². The molecule has 7 heteroatoms. The monoisotopic (exact) mass is 409 g/mol. The number of nitrogens with zero attached hydrogens (tertiary/aromatic N) is 5. The molecule has 0 unspecified atom stereocenters. The molecule has 0 aliphatic carbocycles. The van der Waals surface area contributed by atoms with Gasteiger partial charge in [-0.1, -0.05) is 12.1 Å². The van der Waals surface area contributed by atoms with E-state index in [1.54, 1.807) is 6.20 Å². The standard InChI is InChI=1S/C24H23N7/c1-31-11-7-15(8-12-31)21-23-20(6-10-26-21)27-24(28-23)22-18-13-16(4-5-19(18)29-30-22)17-3-2-9-25-14-17/h2-6,9-10,13-15H,7-8,11-12H2,1H3,(H,27,28)(H,29,30). The Hall–Kier alpha value is -3.58. The Morgan fingerprint density at radius 3 is 2.74 bits per heavy atom. The highest BCUT2D eigenvalue weighted by atomic mass is 15.1. The second-order valence-corrected chi connectivity index (χ2v) is 8.33. The number of piperidine rings is 1. The van der Waals surface area contributed by atoms with E-state index in [9.17, 15) is 0 Å². The van der Waals surface area contributed by atoms with E-state index in [4.69, 9.17) is 9.97 Å². The molecule has 0 radical (unpaired) electrons. The van der Waals surface area contributed by atoms with E-state index in [1.807, 2.05) is 24.5 Å². The van der Waals surface area contributed by atoms with Gasteiger partial charge in [0.2, 0.25) is 0 Å². The second kappa shape index (κ2) is 7.28. The summed E-state index contributed by atoms with van der Waals surface area (Å²) in [5.41, 5.74) is 7.07. The molecule has 4 aromatic heterocycles. The van der Waals surface area contributed by atoms with E-state index in [0.717, 1.165) is 76.2 Å². The number of aromatic nitrogens is 6. The minimum absolute atomic E-state index is 0.448. The van der Waals surface area contributed by atoms with E-state index in [1.165, 1.54) is 0 Å². The lowest BCUT2D eigenvalue weighted by Crippen LogP contribution is -2.29. The fourth-order valence-corrected chi connectivity index (χ4v) is 4.56. The molecule has 0 bridgehead atoms. The minimum Gasteiger partial charge on any atom is -0.336 e. The Balaban J connectivity index is 1.44. The maximum Gasteiger partial charge on any atom is 0.159 e. The number of rotatable bonds is 3. The van der Waals surface area contributed by atoms with Gasteiger partial charge >= 0.3 is 0 Å². The fraction of sp³-hybridized carbons (Fsp3) is 0.250. The molecule has 1 aromatic carbocycles. The van der Waals surface area contributed by atoms with Crippen molar-refractivity contribution in [2.45, 2.75) is 18.8 Å². The smallest absolute Gasteiger partial charge is 0.159 e. The van der Waals surface area contributed by atoms with Crippen LogP contribution in [0.5, 0.6) is 0 Å². The topological polar surface area (TPSA) is 86.4 Å². The van der Waals surface area contributed by atoms with Crippen LogP contribution in [0.3, 0.4) is 0 Å². The number of nitrogens with one attached hydrogen (secondary N) is 2. The molecule has 31 heavy (non-hydrogen) atoms. The summed E-state index contributed by atoms with van der Waals surface area (Å²) in [5, 5.41) is 8.77. The average Bonchev–Trinajstić information content (AvgIpc) is 3.43. The number of fused-ring (bicyclic) bond motifs is 2. The van der Waals surface area contributed by atoms with Gasteiger partial charge in [-0.15, -0.1) is 0 Å². The number of hydrogen-bond acceptors (Lipinski definition) is 5. The van der Waals surface area contributed by atoms with Crippen LogP contribution in [0.25, 0.3) is 44.6 Å². The zero-order valence-electron chi connectivity index (χ0n) is 17.3. The summed E-state index contributed by atoms with van der Waals surface area (Å²) in [6.07, 6.45) is 7.79. The largest absolute Gasteiger partial charge is 0.336 e. The van der Waals surface area contributed by atoms with Crippen LogP contribution in [-0.4, -0.2) is 55.2 Å². The van der Waals surface area contributed by atoms with E-state index >= 15 is 0 Å². The van der Waals surface area contributed by atoms with Crippen LogP contribution < -0.4 is 0 Å². The van der Waals surface area contributed by atoms with Crippen molar-refractivity contribution in [2.75, 3.05) is 20.1 Å². The first-order valence-corrected chi connectivity index (χ1v) is 10.7. The van der Waals surface area contributed by atoms with Gasteiger partial charge in [0.15, 0.2) is 5.82 Å². The predicted octanol–water partition coefficient (Wildman–Crippen LogP) is 4.37. The van der Waals surface area contributed by atoms with Gasteiger partial charge in [-0.2, -0.15) is 5.10 Å². The normalized spacial score (nSPS) is 15.8. The number of H-pyrrole nitrogens is 2. The van der Waals surface area contributed by atoms with Crippen molar-refractivity contribution in [3.05, 3.63) is 60.7 Å². The Kier molecular flexibility index (Phi) is 4.28. The summed E-state index contributed by atoms with van der Waals surface area (Å²) < 4.78 is 0. The van der Waals surface area contributed by atoms with Gasteiger partial charge in [-0.05, 0) is 62.8 Å². The molecule has 1 aliphatic heterocycles. The van der Waals surface area contributed by atoms with Crippen LogP contribution in [0, 0.1) is 0 Å². The summed E-state index contributed by atoms with van der Waals surface area (Å²) in [4.78, 5) is 19.8. The van der Waals surface area contributed by atoms with Crippen LogP contribution >= 0.6 is 0 Å². The Labute approximate surface area is 179 Å². The van der Waals surface area contributed by atoms with Gasteiger partial charge in [-0.3, -0.25) is 15.1 Å². The Morgan fingerprint density at radius 1 is 1.00 bits per heavy atom. The summed E-state index contributed by atoms with van der Waals surface area (Å²) >= 11 is 0. The average molecular weight is 409 g/mol. The first-order valence-electron chi connectivity index (χ1n) is 10.7. The van der Waals surface area contributed by atoms with Gasteiger partial charge < -0.3 is 9.88 Å². The first-order chi connectivity index (χ1) is 15.3. The van der Waals surface area contributed by atoms with Gasteiger partial charge in [-0.25, -0.2) is 4.98 Å². The number of hydrogen-bond donors (Lipinski definition) is 2. The lowest BCUT2D eigenvalue weighted by atomic mass is 9.92. The molecule has 1 aliphatic rings. The van der Waals surface area contributed by atoms with Crippen LogP contribution in [0.15, 0.2) is 55.0 Å².